The first-order valence-corrected chi connectivity index (χ1v) is 6.84. The van der Waals surface area contributed by atoms with Gasteiger partial charge in [0.2, 0.25) is 5.91 Å². The molecule has 0 spiro atoms. The molecule has 0 fully saturated rings. The van der Waals surface area contributed by atoms with E-state index in [-0.39, 0.29) is 6.54 Å². The maximum atomic E-state index is 12.1. The number of hydrogen-bond donors (Lipinski definition) is 3. The van der Waals surface area contributed by atoms with E-state index in [1.165, 1.54) is 6.08 Å². The summed E-state index contributed by atoms with van der Waals surface area (Å²) < 4.78 is 36.4. The van der Waals surface area contributed by atoms with E-state index < -0.39 is 23.9 Å². The van der Waals surface area contributed by atoms with Gasteiger partial charge in [-0.2, -0.15) is 13.2 Å². The van der Waals surface area contributed by atoms with E-state index in [4.69, 9.17) is 0 Å². The van der Waals surface area contributed by atoms with E-state index in [2.05, 4.69) is 10.6 Å². The number of para-hydroxylation sites is 1. The second-order valence-electron chi connectivity index (χ2n) is 4.81. The van der Waals surface area contributed by atoms with E-state index in [9.17, 15) is 22.8 Å². The number of carbonyl (C=O) groups excluding carboxylic acids is 2. The lowest BCUT2D eigenvalue weighted by Crippen LogP contribution is -2.40. The van der Waals surface area contributed by atoms with Crippen molar-refractivity contribution >= 4 is 17.5 Å². The van der Waals surface area contributed by atoms with Crippen LogP contribution in [0.25, 0.3) is 0 Å². The molecule has 1 atom stereocenters. The van der Waals surface area contributed by atoms with Crippen molar-refractivity contribution in [2.24, 2.45) is 5.92 Å². The number of benzene rings is 1. The van der Waals surface area contributed by atoms with Crippen LogP contribution in [0.5, 0.6) is 0 Å². The van der Waals surface area contributed by atoms with Crippen LogP contribution in [0, 0.1) is 5.92 Å². The van der Waals surface area contributed by atoms with Crippen molar-refractivity contribution in [1.29, 1.82) is 0 Å². The van der Waals surface area contributed by atoms with E-state index in [1.54, 1.807) is 49.6 Å². The summed E-state index contributed by atoms with van der Waals surface area (Å²) >= 11 is 0. The highest BCUT2D eigenvalue weighted by Gasteiger charge is 2.38. The summed E-state index contributed by atoms with van der Waals surface area (Å²) in [6.45, 7) is 1.35. The number of nitrogens with one attached hydrogen (secondary N) is 3. The lowest BCUT2D eigenvalue weighted by molar-refractivity contribution is -0.173. The van der Waals surface area contributed by atoms with Gasteiger partial charge in [-0.25, -0.2) is 0 Å². The second-order valence-corrected chi connectivity index (χ2v) is 4.81. The van der Waals surface area contributed by atoms with Gasteiger partial charge < -0.3 is 16.0 Å². The van der Waals surface area contributed by atoms with Crippen LogP contribution in [0.1, 0.15) is 6.92 Å². The molecule has 0 aliphatic heterocycles. The molecule has 0 bridgehead atoms. The lowest BCUT2D eigenvalue weighted by atomic mass is 10.1. The number of hydrogen-bond acceptors (Lipinski definition) is 3. The van der Waals surface area contributed by atoms with Crippen molar-refractivity contribution in [2.45, 2.75) is 13.1 Å². The van der Waals surface area contributed by atoms with Crippen LogP contribution in [0.15, 0.2) is 42.1 Å². The minimum absolute atomic E-state index is 0.246. The molecule has 1 aromatic rings. The van der Waals surface area contributed by atoms with Crippen molar-refractivity contribution in [2.75, 3.05) is 18.9 Å². The summed E-state index contributed by atoms with van der Waals surface area (Å²) in [6, 6.07) is 8.73. The average Bonchev–Trinajstić information content (AvgIpc) is 2.49. The number of amides is 2. The molecule has 1 rings (SSSR count). The zero-order valence-corrected chi connectivity index (χ0v) is 12.7. The van der Waals surface area contributed by atoms with Crippen molar-refractivity contribution in [3.05, 3.63) is 42.1 Å². The molecular formula is C15H18F3N3O2. The molecule has 126 valence electrons. The summed E-state index contributed by atoms with van der Waals surface area (Å²) in [6.07, 6.45) is -3.68. The van der Waals surface area contributed by atoms with Gasteiger partial charge in [0, 0.05) is 37.0 Å². The quantitative estimate of drug-likeness (QED) is 0.700. The third kappa shape index (κ3) is 6.41. The molecule has 23 heavy (non-hydrogen) atoms. The van der Waals surface area contributed by atoms with Gasteiger partial charge in [-0.15, -0.1) is 0 Å². The molecule has 0 radical (unpaired) electrons. The number of alkyl halides is 3. The molecule has 2 amide bonds. The van der Waals surface area contributed by atoms with Crippen LogP contribution in [-0.4, -0.2) is 31.6 Å². The van der Waals surface area contributed by atoms with E-state index >= 15 is 0 Å². The molecule has 8 heteroatoms. The SMILES string of the molecule is CN/C(=C\C(=O)Nc1ccccc1)C(C)CNC(=O)C(F)(F)F. The molecule has 0 heterocycles. The van der Waals surface area contributed by atoms with Gasteiger partial charge in [0.1, 0.15) is 0 Å². The third-order valence-corrected chi connectivity index (χ3v) is 2.97. The fourth-order valence-corrected chi connectivity index (χ4v) is 1.76. The van der Waals surface area contributed by atoms with Crippen LogP contribution in [0.4, 0.5) is 18.9 Å². The number of anilines is 1. The van der Waals surface area contributed by atoms with Gasteiger partial charge in [-0.1, -0.05) is 25.1 Å². The van der Waals surface area contributed by atoms with Crippen molar-refractivity contribution in [3.8, 4) is 0 Å². The Hall–Kier alpha value is -2.51. The van der Waals surface area contributed by atoms with Crippen LogP contribution in [-0.2, 0) is 9.59 Å². The van der Waals surface area contributed by atoms with Crippen LogP contribution < -0.4 is 16.0 Å². The predicted molar refractivity (Wildman–Crippen MR) is 80.4 cm³/mol. The van der Waals surface area contributed by atoms with Gasteiger partial charge in [-0.3, -0.25) is 9.59 Å². The van der Waals surface area contributed by atoms with Crippen molar-refractivity contribution in [1.82, 2.24) is 10.6 Å². The van der Waals surface area contributed by atoms with E-state index in [1.807, 2.05) is 0 Å². The molecule has 1 unspecified atom stereocenters. The Labute approximate surface area is 131 Å². The predicted octanol–water partition coefficient (Wildman–Crippen LogP) is 2.04. The third-order valence-electron chi connectivity index (χ3n) is 2.97. The van der Waals surface area contributed by atoms with E-state index in [0.717, 1.165) is 0 Å². The number of carbonyl (C=O) groups is 2. The van der Waals surface area contributed by atoms with Gasteiger partial charge in [0.15, 0.2) is 0 Å². The average molecular weight is 329 g/mol. The summed E-state index contributed by atoms with van der Waals surface area (Å²) in [5, 5.41) is 7.16. The normalized spacial score (nSPS) is 13.2. The summed E-state index contributed by atoms with van der Waals surface area (Å²) in [5.74, 6) is -2.92. The van der Waals surface area contributed by atoms with Crippen molar-refractivity contribution < 1.29 is 22.8 Å². The maximum absolute atomic E-state index is 12.1. The van der Waals surface area contributed by atoms with Crippen molar-refractivity contribution in [3.63, 3.8) is 0 Å². The molecule has 3 N–H and O–H groups in total. The molecule has 0 aliphatic carbocycles. The topological polar surface area (TPSA) is 70.2 Å². The zero-order valence-electron chi connectivity index (χ0n) is 12.7. The molecule has 0 saturated carbocycles. The first-order chi connectivity index (χ1) is 10.7. The van der Waals surface area contributed by atoms with Gasteiger partial charge in [0.05, 0.1) is 0 Å². The number of rotatable bonds is 6. The molecule has 0 aliphatic rings. The van der Waals surface area contributed by atoms with Crippen LogP contribution in [0.3, 0.4) is 0 Å². The number of halogens is 3. The Morgan fingerprint density at radius 3 is 2.35 bits per heavy atom. The highest BCUT2D eigenvalue weighted by molar-refractivity contribution is 5.99. The highest BCUT2D eigenvalue weighted by Crippen LogP contribution is 2.15. The summed E-state index contributed by atoms with van der Waals surface area (Å²) in [5.41, 5.74) is 1.00. The smallest absolute Gasteiger partial charge is 0.391 e. The second kappa shape index (κ2) is 8.21. The summed E-state index contributed by atoms with van der Waals surface area (Å²) in [7, 11) is 1.55. The van der Waals surface area contributed by atoms with Crippen LogP contribution >= 0.6 is 0 Å². The molecule has 0 aromatic heterocycles. The molecule has 0 saturated heterocycles. The fourth-order valence-electron chi connectivity index (χ4n) is 1.76. The largest absolute Gasteiger partial charge is 0.471 e. The van der Waals surface area contributed by atoms with Gasteiger partial charge >= 0.3 is 12.1 Å². The van der Waals surface area contributed by atoms with E-state index in [0.29, 0.717) is 11.4 Å². The monoisotopic (exact) mass is 329 g/mol. The zero-order chi connectivity index (χ0) is 17.5. The molecule has 1 aromatic carbocycles. The first-order valence-electron chi connectivity index (χ1n) is 6.84. The van der Waals surface area contributed by atoms with Gasteiger partial charge in [0.25, 0.3) is 0 Å². The Bertz CT molecular complexity index is 571. The summed E-state index contributed by atoms with van der Waals surface area (Å²) in [4.78, 5) is 22.7. The Morgan fingerprint density at radius 2 is 1.83 bits per heavy atom. The van der Waals surface area contributed by atoms with Gasteiger partial charge in [-0.05, 0) is 12.1 Å². The lowest BCUT2D eigenvalue weighted by Gasteiger charge is -2.17. The Morgan fingerprint density at radius 1 is 1.22 bits per heavy atom. The molecule has 5 nitrogen and oxygen atoms in total. The fraction of sp³-hybridized carbons (Fsp3) is 0.333. The Balaban J connectivity index is 2.63. The molecular weight excluding hydrogens is 311 g/mol. The Kier molecular flexibility index (Phi) is 6.62. The minimum Gasteiger partial charge on any atom is -0.391 e. The highest BCUT2D eigenvalue weighted by atomic mass is 19.4. The maximum Gasteiger partial charge on any atom is 0.471 e. The standard InChI is InChI=1S/C15H18F3N3O2/c1-10(9-20-14(23)15(16,17)18)12(19-2)8-13(22)21-11-6-4-3-5-7-11/h3-8,10,19H,9H2,1-2H3,(H,20,23)(H,21,22)/b12-8-. The van der Waals surface area contributed by atoms with Crippen LogP contribution in [0.2, 0.25) is 0 Å². The first kappa shape index (κ1) is 18.5. The minimum atomic E-state index is -4.92.